The zero-order valence-corrected chi connectivity index (χ0v) is 14.3. The van der Waals surface area contributed by atoms with Gasteiger partial charge in [-0.3, -0.25) is 9.69 Å². The summed E-state index contributed by atoms with van der Waals surface area (Å²) in [5, 5.41) is 2.98. The molecule has 1 aliphatic heterocycles. The summed E-state index contributed by atoms with van der Waals surface area (Å²) >= 11 is 0. The van der Waals surface area contributed by atoms with Crippen LogP contribution in [0.1, 0.15) is 16.7 Å². The van der Waals surface area contributed by atoms with Crippen molar-refractivity contribution in [2.45, 2.75) is 20.4 Å². The van der Waals surface area contributed by atoms with Gasteiger partial charge in [0.15, 0.2) is 11.5 Å². The first-order valence-electron chi connectivity index (χ1n) is 7.96. The quantitative estimate of drug-likeness (QED) is 0.917. The SMILES string of the molecule is Cc1cccc(NC(=O)CN(C)Cc2ccc3c(c2)OCO3)c1C. The van der Waals surface area contributed by atoms with E-state index in [0.717, 1.165) is 28.3 Å². The van der Waals surface area contributed by atoms with E-state index in [1.807, 2.05) is 62.2 Å². The number of likely N-dealkylation sites (N-methyl/N-ethyl adjacent to an activating group) is 1. The number of amides is 1. The molecule has 0 atom stereocenters. The molecule has 126 valence electrons. The Kier molecular flexibility index (Phi) is 4.71. The lowest BCUT2D eigenvalue weighted by Crippen LogP contribution is -2.30. The molecule has 1 N–H and O–H groups in total. The molecule has 0 radical (unpaired) electrons. The Morgan fingerprint density at radius 2 is 1.96 bits per heavy atom. The van der Waals surface area contributed by atoms with Crippen molar-refractivity contribution in [3.05, 3.63) is 53.1 Å². The second-order valence-electron chi connectivity index (χ2n) is 6.16. The summed E-state index contributed by atoms with van der Waals surface area (Å²) in [6.45, 7) is 5.31. The summed E-state index contributed by atoms with van der Waals surface area (Å²) in [5.41, 5.74) is 4.23. The average Bonchev–Trinajstić information content (AvgIpc) is 2.99. The number of ether oxygens (including phenoxy) is 2. The van der Waals surface area contributed by atoms with Gasteiger partial charge in [-0.2, -0.15) is 0 Å². The highest BCUT2D eigenvalue weighted by Crippen LogP contribution is 2.32. The molecule has 0 unspecified atom stereocenters. The Morgan fingerprint density at radius 1 is 1.17 bits per heavy atom. The summed E-state index contributed by atoms with van der Waals surface area (Å²) in [6.07, 6.45) is 0. The van der Waals surface area contributed by atoms with Gasteiger partial charge in [-0.05, 0) is 55.8 Å². The van der Waals surface area contributed by atoms with E-state index in [2.05, 4.69) is 5.32 Å². The van der Waals surface area contributed by atoms with Crippen molar-refractivity contribution in [2.75, 3.05) is 25.7 Å². The molecule has 0 fully saturated rings. The third kappa shape index (κ3) is 3.68. The minimum atomic E-state index is -0.0213. The van der Waals surface area contributed by atoms with Crippen LogP contribution in [0.15, 0.2) is 36.4 Å². The van der Waals surface area contributed by atoms with E-state index in [1.165, 1.54) is 5.56 Å². The van der Waals surface area contributed by atoms with Crippen LogP contribution in [-0.4, -0.2) is 31.2 Å². The van der Waals surface area contributed by atoms with Crippen LogP contribution in [0.3, 0.4) is 0 Å². The van der Waals surface area contributed by atoms with Crippen molar-refractivity contribution in [2.24, 2.45) is 0 Å². The summed E-state index contributed by atoms with van der Waals surface area (Å²) < 4.78 is 10.7. The number of rotatable bonds is 5. The molecule has 0 aliphatic carbocycles. The molecule has 1 heterocycles. The molecule has 24 heavy (non-hydrogen) atoms. The Morgan fingerprint density at radius 3 is 2.79 bits per heavy atom. The molecular weight excluding hydrogens is 304 g/mol. The molecule has 0 saturated carbocycles. The van der Waals surface area contributed by atoms with Crippen LogP contribution in [0.5, 0.6) is 11.5 Å². The number of nitrogens with zero attached hydrogens (tertiary/aromatic N) is 1. The van der Waals surface area contributed by atoms with Crippen LogP contribution in [0.25, 0.3) is 0 Å². The molecular formula is C19H22N2O3. The Labute approximate surface area is 142 Å². The third-order valence-corrected chi connectivity index (χ3v) is 4.18. The van der Waals surface area contributed by atoms with Crippen LogP contribution < -0.4 is 14.8 Å². The van der Waals surface area contributed by atoms with E-state index in [0.29, 0.717) is 13.1 Å². The largest absolute Gasteiger partial charge is 0.454 e. The Hall–Kier alpha value is -2.53. The molecule has 0 saturated heterocycles. The van der Waals surface area contributed by atoms with Gasteiger partial charge in [0.25, 0.3) is 0 Å². The third-order valence-electron chi connectivity index (χ3n) is 4.18. The van der Waals surface area contributed by atoms with E-state index >= 15 is 0 Å². The van der Waals surface area contributed by atoms with Crippen molar-refractivity contribution < 1.29 is 14.3 Å². The van der Waals surface area contributed by atoms with Gasteiger partial charge in [0, 0.05) is 12.2 Å². The van der Waals surface area contributed by atoms with Gasteiger partial charge in [0.05, 0.1) is 6.54 Å². The first-order chi connectivity index (χ1) is 11.5. The van der Waals surface area contributed by atoms with Crippen molar-refractivity contribution in [1.82, 2.24) is 4.90 Å². The predicted octanol–water partition coefficient (Wildman–Crippen LogP) is 3.10. The van der Waals surface area contributed by atoms with E-state index in [-0.39, 0.29) is 12.7 Å². The Balaban J connectivity index is 1.57. The molecule has 0 spiro atoms. The van der Waals surface area contributed by atoms with Gasteiger partial charge in [0.1, 0.15) is 0 Å². The van der Waals surface area contributed by atoms with Gasteiger partial charge in [0.2, 0.25) is 12.7 Å². The van der Waals surface area contributed by atoms with Crippen LogP contribution in [0, 0.1) is 13.8 Å². The van der Waals surface area contributed by atoms with E-state index in [1.54, 1.807) is 0 Å². The summed E-state index contributed by atoms with van der Waals surface area (Å²) in [5.74, 6) is 1.52. The maximum absolute atomic E-state index is 12.3. The maximum Gasteiger partial charge on any atom is 0.238 e. The number of anilines is 1. The summed E-state index contributed by atoms with van der Waals surface area (Å²) in [4.78, 5) is 14.2. The number of carbonyl (C=O) groups is 1. The lowest BCUT2D eigenvalue weighted by molar-refractivity contribution is -0.117. The number of fused-ring (bicyclic) bond motifs is 1. The van der Waals surface area contributed by atoms with Gasteiger partial charge >= 0.3 is 0 Å². The number of hydrogen-bond acceptors (Lipinski definition) is 4. The number of hydrogen-bond donors (Lipinski definition) is 1. The topological polar surface area (TPSA) is 50.8 Å². The second-order valence-corrected chi connectivity index (χ2v) is 6.16. The highest BCUT2D eigenvalue weighted by atomic mass is 16.7. The zero-order valence-electron chi connectivity index (χ0n) is 14.3. The minimum absolute atomic E-state index is 0.0213. The molecule has 1 amide bonds. The lowest BCUT2D eigenvalue weighted by Gasteiger charge is -2.17. The van der Waals surface area contributed by atoms with Crippen molar-refractivity contribution >= 4 is 11.6 Å². The molecule has 2 aromatic rings. The van der Waals surface area contributed by atoms with Crippen molar-refractivity contribution in [3.63, 3.8) is 0 Å². The van der Waals surface area contributed by atoms with Gasteiger partial charge in [-0.15, -0.1) is 0 Å². The molecule has 0 aromatic heterocycles. The van der Waals surface area contributed by atoms with Crippen LogP contribution in [0.4, 0.5) is 5.69 Å². The number of carbonyl (C=O) groups excluding carboxylic acids is 1. The van der Waals surface area contributed by atoms with E-state index in [4.69, 9.17) is 9.47 Å². The first-order valence-corrected chi connectivity index (χ1v) is 7.96. The molecule has 1 aliphatic rings. The second kappa shape index (κ2) is 6.93. The maximum atomic E-state index is 12.3. The Bertz CT molecular complexity index is 758. The number of aryl methyl sites for hydroxylation is 1. The highest BCUT2D eigenvalue weighted by molar-refractivity contribution is 5.93. The standard InChI is InChI=1S/C19H22N2O3/c1-13-5-4-6-16(14(13)2)20-19(22)11-21(3)10-15-7-8-17-18(9-15)24-12-23-17/h4-9H,10-12H2,1-3H3,(H,20,22). The number of benzene rings is 2. The van der Waals surface area contributed by atoms with Crippen LogP contribution in [0.2, 0.25) is 0 Å². The van der Waals surface area contributed by atoms with Crippen LogP contribution >= 0.6 is 0 Å². The van der Waals surface area contributed by atoms with Crippen LogP contribution in [-0.2, 0) is 11.3 Å². The van der Waals surface area contributed by atoms with Crippen molar-refractivity contribution in [1.29, 1.82) is 0 Å². The van der Waals surface area contributed by atoms with Gasteiger partial charge in [-0.1, -0.05) is 18.2 Å². The molecule has 2 aromatic carbocycles. The van der Waals surface area contributed by atoms with E-state index < -0.39 is 0 Å². The number of nitrogens with one attached hydrogen (secondary N) is 1. The van der Waals surface area contributed by atoms with Gasteiger partial charge < -0.3 is 14.8 Å². The molecule has 5 heteroatoms. The fourth-order valence-corrected chi connectivity index (χ4v) is 2.73. The summed E-state index contributed by atoms with van der Waals surface area (Å²) in [6, 6.07) is 11.8. The van der Waals surface area contributed by atoms with Gasteiger partial charge in [-0.25, -0.2) is 0 Å². The zero-order chi connectivity index (χ0) is 17.1. The normalized spacial score (nSPS) is 12.5. The lowest BCUT2D eigenvalue weighted by atomic mass is 10.1. The molecule has 5 nitrogen and oxygen atoms in total. The molecule has 3 rings (SSSR count). The first kappa shape index (κ1) is 16.3. The molecule has 0 bridgehead atoms. The van der Waals surface area contributed by atoms with Crippen molar-refractivity contribution in [3.8, 4) is 11.5 Å². The van der Waals surface area contributed by atoms with E-state index in [9.17, 15) is 4.79 Å². The fourth-order valence-electron chi connectivity index (χ4n) is 2.73. The predicted molar refractivity (Wildman–Crippen MR) is 93.4 cm³/mol. The smallest absolute Gasteiger partial charge is 0.238 e. The minimum Gasteiger partial charge on any atom is -0.454 e. The monoisotopic (exact) mass is 326 g/mol. The summed E-state index contributed by atoms with van der Waals surface area (Å²) in [7, 11) is 1.92. The fraction of sp³-hybridized carbons (Fsp3) is 0.316. The highest BCUT2D eigenvalue weighted by Gasteiger charge is 2.15. The average molecular weight is 326 g/mol.